The highest BCUT2D eigenvalue weighted by Gasteiger charge is 2.11. The fourth-order valence-electron chi connectivity index (χ4n) is 2.37. The fourth-order valence-corrected chi connectivity index (χ4v) is 2.37. The number of aryl methyl sites for hydroxylation is 1. The third-order valence-electron chi connectivity index (χ3n) is 3.34. The first-order valence-corrected chi connectivity index (χ1v) is 5.97. The molecule has 85 valence electrons. The molecule has 0 N–H and O–H groups in total. The fraction of sp³-hybridized carbons (Fsp3) is 0.188. The van der Waals surface area contributed by atoms with Crippen LogP contribution in [0.2, 0.25) is 0 Å². The normalized spacial score (nSPS) is 13.5. The molecule has 1 heteroatoms. The van der Waals surface area contributed by atoms with E-state index in [9.17, 15) is 0 Å². The van der Waals surface area contributed by atoms with Crippen molar-refractivity contribution in [2.75, 3.05) is 7.11 Å². The summed E-state index contributed by atoms with van der Waals surface area (Å²) in [6, 6.07) is 15.0. The van der Waals surface area contributed by atoms with Crippen LogP contribution in [-0.2, 0) is 6.42 Å². The lowest BCUT2D eigenvalue weighted by molar-refractivity contribution is 0.415. The lowest BCUT2D eigenvalue weighted by atomic mass is 10.0. The van der Waals surface area contributed by atoms with Gasteiger partial charge in [0.2, 0.25) is 0 Å². The van der Waals surface area contributed by atoms with Gasteiger partial charge in [0.05, 0.1) is 7.11 Å². The number of hydrogen-bond donors (Lipinski definition) is 0. The van der Waals surface area contributed by atoms with E-state index in [4.69, 9.17) is 4.74 Å². The standard InChI is InChI=1S/C16H15O/c1-17-16-9-7-13(8-10-16)15-6-5-12-3-2-4-14(12)11-15/h3,5-11H,2,4H2,1H3. The third kappa shape index (κ3) is 1.93. The molecule has 0 atom stereocenters. The highest BCUT2D eigenvalue weighted by Crippen LogP contribution is 2.29. The van der Waals surface area contributed by atoms with Gasteiger partial charge in [0.15, 0.2) is 0 Å². The van der Waals surface area contributed by atoms with Crippen molar-refractivity contribution >= 4 is 0 Å². The van der Waals surface area contributed by atoms with Gasteiger partial charge in [-0.15, -0.1) is 0 Å². The van der Waals surface area contributed by atoms with E-state index in [0.717, 1.165) is 5.75 Å². The number of methoxy groups -OCH3 is 1. The SMILES string of the molecule is COc1ccc(-c2ccc3c(c2)CC[CH]3)cc1. The van der Waals surface area contributed by atoms with Crippen molar-refractivity contribution in [3.63, 3.8) is 0 Å². The molecule has 0 amide bonds. The first-order valence-electron chi connectivity index (χ1n) is 5.97. The Kier molecular flexibility index (Phi) is 2.60. The molecule has 0 saturated heterocycles. The second kappa shape index (κ2) is 4.25. The molecule has 0 saturated carbocycles. The lowest BCUT2D eigenvalue weighted by Crippen LogP contribution is -1.85. The van der Waals surface area contributed by atoms with Gasteiger partial charge in [-0.05, 0) is 53.6 Å². The van der Waals surface area contributed by atoms with Gasteiger partial charge in [0, 0.05) is 0 Å². The molecule has 0 aromatic heterocycles. The summed E-state index contributed by atoms with van der Waals surface area (Å²) >= 11 is 0. The number of benzene rings is 2. The summed E-state index contributed by atoms with van der Waals surface area (Å²) in [6.07, 6.45) is 4.67. The summed E-state index contributed by atoms with van der Waals surface area (Å²) in [5.41, 5.74) is 5.42. The monoisotopic (exact) mass is 223 g/mol. The van der Waals surface area contributed by atoms with Gasteiger partial charge in [-0.3, -0.25) is 0 Å². The molecule has 17 heavy (non-hydrogen) atoms. The zero-order valence-electron chi connectivity index (χ0n) is 9.94. The van der Waals surface area contributed by atoms with Crippen molar-refractivity contribution in [3.05, 3.63) is 60.0 Å². The molecule has 0 unspecified atom stereocenters. The van der Waals surface area contributed by atoms with Gasteiger partial charge in [-0.25, -0.2) is 0 Å². The quantitative estimate of drug-likeness (QED) is 0.751. The molecule has 1 nitrogen and oxygen atoms in total. The van der Waals surface area contributed by atoms with Crippen molar-refractivity contribution in [1.29, 1.82) is 0 Å². The molecule has 0 fully saturated rings. The summed E-state index contributed by atoms with van der Waals surface area (Å²) in [5.74, 6) is 0.906. The minimum absolute atomic E-state index is 0.906. The first-order chi connectivity index (χ1) is 8.36. The average Bonchev–Trinajstić information content (AvgIpc) is 2.86. The van der Waals surface area contributed by atoms with E-state index in [2.05, 4.69) is 36.8 Å². The smallest absolute Gasteiger partial charge is 0.118 e. The van der Waals surface area contributed by atoms with Crippen LogP contribution in [0.3, 0.4) is 0 Å². The Morgan fingerprint density at radius 3 is 2.47 bits per heavy atom. The van der Waals surface area contributed by atoms with Crippen LogP contribution in [0, 0.1) is 6.42 Å². The van der Waals surface area contributed by atoms with Crippen LogP contribution in [0.1, 0.15) is 17.5 Å². The van der Waals surface area contributed by atoms with Crippen LogP contribution in [0.15, 0.2) is 42.5 Å². The molecule has 0 heterocycles. The van der Waals surface area contributed by atoms with Gasteiger partial charge in [-0.1, -0.05) is 30.3 Å². The predicted octanol–water partition coefficient (Wildman–Crippen LogP) is 3.86. The maximum Gasteiger partial charge on any atom is 0.118 e. The molecule has 2 aromatic rings. The summed E-state index contributed by atoms with van der Waals surface area (Å²) in [7, 11) is 1.69. The van der Waals surface area contributed by atoms with E-state index in [1.807, 2.05) is 12.1 Å². The maximum absolute atomic E-state index is 5.17. The maximum atomic E-state index is 5.17. The molecule has 0 aliphatic heterocycles. The summed E-state index contributed by atoms with van der Waals surface area (Å²) in [4.78, 5) is 0. The molecule has 1 radical (unpaired) electrons. The van der Waals surface area contributed by atoms with E-state index in [1.54, 1.807) is 7.11 Å². The highest BCUT2D eigenvalue weighted by molar-refractivity contribution is 5.66. The van der Waals surface area contributed by atoms with E-state index in [-0.39, 0.29) is 0 Å². The third-order valence-corrected chi connectivity index (χ3v) is 3.34. The van der Waals surface area contributed by atoms with Gasteiger partial charge in [-0.2, -0.15) is 0 Å². The number of hydrogen-bond acceptors (Lipinski definition) is 1. The van der Waals surface area contributed by atoms with Crippen LogP contribution in [-0.4, -0.2) is 7.11 Å². The second-order valence-corrected chi connectivity index (χ2v) is 4.38. The molecule has 1 aliphatic carbocycles. The Bertz CT molecular complexity index is 526. The number of ether oxygens (including phenoxy) is 1. The van der Waals surface area contributed by atoms with Gasteiger partial charge in [0.1, 0.15) is 5.75 Å². The Balaban J connectivity index is 1.97. The second-order valence-electron chi connectivity index (χ2n) is 4.38. The highest BCUT2D eigenvalue weighted by atomic mass is 16.5. The lowest BCUT2D eigenvalue weighted by Gasteiger charge is -2.06. The molecular formula is C16H15O. The van der Waals surface area contributed by atoms with Crippen LogP contribution < -0.4 is 4.74 Å². The van der Waals surface area contributed by atoms with E-state index in [0.29, 0.717) is 0 Å². The Morgan fingerprint density at radius 2 is 1.71 bits per heavy atom. The van der Waals surface area contributed by atoms with Crippen molar-refractivity contribution in [2.24, 2.45) is 0 Å². The average molecular weight is 223 g/mol. The van der Waals surface area contributed by atoms with Crippen LogP contribution in [0.5, 0.6) is 5.75 Å². The van der Waals surface area contributed by atoms with Crippen LogP contribution in [0.25, 0.3) is 11.1 Å². The Morgan fingerprint density at radius 1 is 0.941 bits per heavy atom. The molecular weight excluding hydrogens is 208 g/mol. The van der Waals surface area contributed by atoms with Gasteiger partial charge < -0.3 is 4.74 Å². The topological polar surface area (TPSA) is 9.23 Å². The minimum Gasteiger partial charge on any atom is -0.497 e. The number of rotatable bonds is 2. The number of fused-ring (bicyclic) bond motifs is 1. The van der Waals surface area contributed by atoms with Crippen molar-refractivity contribution < 1.29 is 4.74 Å². The summed E-state index contributed by atoms with van der Waals surface area (Å²) in [6.45, 7) is 0. The van der Waals surface area contributed by atoms with E-state index in [1.165, 1.54) is 35.1 Å². The van der Waals surface area contributed by atoms with Crippen LogP contribution in [0.4, 0.5) is 0 Å². The van der Waals surface area contributed by atoms with Crippen molar-refractivity contribution in [3.8, 4) is 16.9 Å². The summed E-state index contributed by atoms with van der Waals surface area (Å²) in [5, 5.41) is 0. The van der Waals surface area contributed by atoms with Crippen LogP contribution >= 0.6 is 0 Å². The molecule has 2 aromatic carbocycles. The molecule has 3 rings (SSSR count). The predicted molar refractivity (Wildman–Crippen MR) is 70.2 cm³/mol. The molecule has 0 spiro atoms. The van der Waals surface area contributed by atoms with Gasteiger partial charge >= 0.3 is 0 Å². The molecule has 0 bridgehead atoms. The van der Waals surface area contributed by atoms with Gasteiger partial charge in [0.25, 0.3) is 0 Å². The minimum atomic E-state index is 0.906. The Labute approximate surface area is 102 Å². The van der Waals surface area contributed by atoms with Crippen molar-refractivity contribution in [2.45, 2.75) is 12.8 Å². The molecule has 1 aliphatic rings. The summed E-state index contributed by atoms with van der Waals surface area (Å²) < 4.78 is 5.17. The van der Waals surface area contributed by atoms with E-state index < -0.39 is 0 Å². The largest absolute Gasteiger partial charge is 0.497 e. The zero-order chi connectivity index (χ0) is 11.7. The van der Waals surface area contributed by atoms with E-state index >= 15 is 0 Å². The Hall–Kier alpha value is -1.76. The zero-order valence-corrected chi connectivity index (χ0v) is 9.94. The van der Waals surface area contributed by atoms with Crippen molar-refractivity contribution in [1.82, 2.24) is 0 Å². The first kappa shape index (κ1) is 10.4.